The summed E-state index contributed by atoms with van der Waals surface area (Å²) in [7, 11) is 0. The van der Waals surface area contributed by atoms with E-state index >= 15 is 0 Å². The van der Waals surface area contributed by atoms with Crippen LogP contribution in [0.5, 0.6) is 0 Å². The van der Waals surface area contributed by atoms with E-state index in [1.54, 1.807) is 24.4 Å². The van der Waals surface area contributed by atoms with Crippen molar-refractivity contribution in [1.29, 1.82) is 5.26 Å². The highest BCUT2D eigenvalue weighted by molar-refractivity contribution is 6.05. The minimum absolute atomic E-state index is 0.207. The van der Waals surface area contributed by atoms with E-state index in [0.29, 0.717) is 16.8 Å². The number of nitrogens with one attached hydrogen (secondary N) is 2. The maximum Gasteiger partial charge on any atom is 0.257 e. The van der Waals surface area contributed by atoms with Gasteiger partial charge in [-0.2, -0.15) is 5.26 Å². The number of aromatic nitrogens is 1. The molecule has 1 heterocycles. The first-order valence-electron chi connectivity index (χ1n) is 8.31. The summed E-state index contributed by atoms with van der Waals surface area (Å²) in [6, 6.07) is 18.6. The Bertz CT molecular complexity index is 958. The van der Waals surface area contributed by atoms with Gasteiger partial charge in [0.2, 0.25) is 0 Å². The summed E-state index contributed by atoms with van der Waals surface area (Å²) in [6.45, 7) is 2.05. The Morgan fingerprint density at radius 1 is 1.08 bits per heavy atom. The quantitative estimate of drug-likeness (QED) is 0.715. The Hall–Kier alpha value is -3.65. The van der Waals surface area contributed by atoms with Crippen molar-refractivity contribution in [3.05, 3.63) is 83.7 Å². The second-order valence-corrected chi connectivity index (χ2v) is 5.74. The number of carbonyl (C=O) groups is 1. The van der Waals surface area contributed by atoms with Crippen LogP contribution in [0, 0.1) is 11.3 Å². The van der Waals surface area contributed by atoms with Crippen LogP contribution in [0.25, 0.3) is 0 Å². The SMILES string of the molecule is CCc1ccccc1NC(=O)c1cncc(Nc2ccc(C#N)cc2)c1. The molecule has 0 aliphatic heterocycles. The van der Waals surface area contributed by atoms with Gasteiger partial charge < -0.3 is 10.6 Å². The monoisotopic (exact) mass is 342 g/mol. The second-order valence-electron chi connectivity index (χ2n) is 5.74. The number of carbonyl (C=O) groups excluding carboxylic acids is 1. The van der Waals surface area contributed by atoms with Gasteiger partial charge >= 0.3 is 0 Å². The van der Waals surface area contributed by atoms with Gasteiger partial charge in [0.05, 0.1) is 29.1 Å². The Balaban J connectivity index is 1.75. The van der Waals surface area contributed by atoms with Crippen LogP contribution in [-0.2, 0) is 6.42 Å². The molecule has 0 spiro atoms. The summed E-state index contributed by atoms with van der Waals surface area (Å²) in [5.41, 5.74) is 4.47. The zero-order valence-electron chi connectivity index (χ0n) is 14.4. The lowest BCUT2D eigenvalue weighted by Crippen LogP contribution is -2.13. The van der Waals surface area contributed by atoms with E-state index in [1.807, 2.05) is 36.4 Å². The first kappa shape index (κ1) is 17.2. The smallest absolute Gasteiger partial charge is 0.257 e. The van der Waals surface area contributed by atoms with Gasteiger partial charge in [-0.3, -0.25) is 9.78 Å². The fourth-order valence-electron chi connectivity index (χ4n) is 2.57. The van der Waals surface area contributed by atoms with E-state index in [2.05, 4.69) is 28.6 Å². The number of hydrogen-bond acceptors (Lipinski definition) is 4. The minimum atomic E-state index is -0.207. The molecule has 0 radical (unpaired) electrons. The predicted molar refractivity (Wildman–Crippen MR) is 102 cm³/mol. The third-order valence-electron chi connectivity index (χ3n) is 3.95. The third-order valence-corrected chi connectivity index (χ3v) is 3.95. The molecular formula is C21H18N4O. The maximum atomic E-state index is 12.6. The number of nitrogens with zero attached hydrogens (tertiary/aromatic N) is 2. The number of pyridine rings is 1. The summed E-state index contributed by atoms with van der Waals surface area (Å²) in [4.78, 5) is 16.7. The Kier molecular flexibility index (Phi) is 5.25. The molecule has 3 rings (SSSR count). The molecule has 1 aromatic heterocycles. The molecule has 0 fully saturated rings. The molecule has 26 heavy (non-hydrogen) atoms. The van der Waals surface area contributed by atoms with Crippen molar-refractivity contribution < 1.29 is 4.79 Å². The van der Waals surface area contributed by atoms with Crippen LogP contribution in [0.3, 0.4) is 0 Å². The number of nitriles is 1. The molecule has 5 heteroatoms. The van der Waals surface area contributed by atoms with Crippen molar-refractivity contribution in [2.45, 2.75) is 13.3 Å². The molecule has 0 atom stereocenters. The van der Waals surface area contributed by atoms with Gasteiger partial charge in [0.25, 0.3) is 5.91 Å². The van der Waals surface area contributed by atoms with E-state index in [0.717, 1.165) is 23.4 Å². The average molecular weight is 342 g/mol. The lowest BCUT2D eigenvalue weighted by molar-refractivity contribution is 0.102. The molecule has 0 saturated heterocycles. The molecule has 0 bridgehead atoms. The third kappa shape index (κ3) is 4.05. The Morgan fingerprint density at radius 3 is 2.58 bits per heavy atom. The zero-order valence-corrected chi connectivity index (χ0v) is 14.4. The minimum Gasteiger partial charge on any atom is -0.354 e. The van der Waals surface area contributed by atoms with E-state index in [1.165, 1.54) is 6.20 Å². The number of para-hydroxylation sites is 1. The van der Waals surface area contributed by atoms with Crippen molar-refractivity contribution >= 4 is 23.0 Å². The van der Waals surface area contributed by atoms with Crippen LogP contribution in [0.2, 0.25) is 0 Å². The molecule has 128 valence electrons. The number of rotatable bonds is 5. The highest BCUT2D eigenvalue weighted by atomic mass is 16.1. The molecule has 5 nitrogen and oxygen atoms in total. The van der Waals surface area contributed by atoms with Gasteiger partial charge in [0, 0.05) is 17.6 Å². The molecule has 0 aliphatic rings. The number of aryl methyl sites for hydroxylation is 1. The van der Waals surface area contributed by atoms with Crippen LogP contribution >= 0.6 is 0 Å². The summed E-state index contributed by atoms with van der Waals surface area (Å²) in [5, 5.41) is 15.0. The average Bonchev–Trinajstić information content (AvgIpc) is 2.69. The van der Waals surface area contributed by atoms with Crippen LogP contribution in [0.15, 0.2) is 67.0 Å². The standard InChI is InChI=1S/C21H18N4O/c1-2-16-5-3-4-6-20(16)25-21(26)17-11-19(14-23-13-17)24-18-9-7-15(12-22)8-10-18/h3-11,13-14,24H,2H2,1H3,(H,25,26). The number of amides is 1. The second kappa shape index (κ2) is 7.95. The summed E-state index contributed by atoms with van der Waals surface area (Å²) >= 11 is 0. The van der Waals surface area contributed by atoms with Crippen LogP contribution < -0.4 is 10.6 Å². The fraction of sp³-hybridized carbons (Fsp3) is 0.0952. The van der Waals surface area contributed by atoms with Gasteiger partial charge in [0.15, 0.2) is 0 Å². The van der Waals surface area contributed by atoms with Gasteiger partial charge in [-0.15, -0.1) is 0 Å². The fourth-order valence-corrected chi connectivity index (χ4v) is 2.57. The van der Waals surface area contributed by atoms with Crippen molar-refractivity contribution in [2.24, 2.45) is 0 Å². The van der Waals surface area contributed by atoms with E-state index in [4.69, 9.17) is 5.26 Å². The van der Waals surface area contributed by atoms with Crippen molar-refractivity contribution in [1.82, 2.24) is 4.98 Å². The van der Waals surface area contributed by atoms with Gasteiger partial charge in [-0.05, 0) is 48.4 Å². The van der Waals surface area contributed by atoms with E-state index in [9.17, 15) is 4.79 Å². The lowest BCUT2D eigenvalue weighted by atomic mass is 10.1. The molecule has 2 N–H and O–H groups in total. The normalized spacial score (nSPS) is 10.0. The highest BCUT2D eigenvalue weighted by Gasteiger charge is 2.09. The topological polar surface area (TPSA) is 77.8 Å². The molecule has 0 saturated carbocycles. The van der Waals surface area contributed by atoms with Crippen molar-refractivity contribution in [3.8, 4) is 6.07 Å². The predicted octanol–water partition coefficient (Wildman–Crippen LogP) is 4.51. The molecule has 3 aromatic rings. The van der Waals surface area contributed by atoms with Gasteiger partial charge in [-0.1, -0.05) is 25.1 Å². The molecular weight excluding hydrogens is 324 g/mol. The molecule has 0 aliphatic carbocycles. The van der Waals surface area contributed by atoms with E-state index < -0.39 is 0 Å². The Labute approximate surface area is 152 Å². The number of anilines is 3. The van der Waals surface area contributed by atoms with Crippen LogP contribution in [0.1, 0.15) is 28.4 Å². The first-order chi connectivity index (χ1) is 12.7. The molecule has 2 aromatic carbocycles. The summed E-state index contributed by atoms with van der Waals surface area (Å²) in [6.07, 6.45) is 4.03. The van der Waals surface area contributed by atoms with Crippen LogP contribution in [-0.4, -0.2) is 10.9 Å². The van der Waals surface area contributed by atoms with Crippen molar-refractivity contribution in [2.75, 3.05) is 10.6 Å². The summed E-state index contributed by atoms with van der Waals surface area (Å²) < 4.78 is 0. The van der Waals surface area contributed by atoms with Crippen LogP contribution in [0.4, 0.5) is 17.1 Å². The Morgan fingerprint density at radius 2 is 1.85 bits per heavy atom. The van der Waals surface area contributed by atoms with Crippen molar-refractivity contribution in [3.63, 3.8) is 0 Å². The molecule has 1 amide bonds. The van der Waals surface area contributed by atoms with E-state index in [-0.39, 0.29) is 5.91 Å². The summed E-state index contributed by atoms with van der Waals surface area (Å²) in [5.74, 6) is -0.207. The zero-order chi connectivity index (χ0) is 18.4. The van der Waals surface area contributed by atoms with Gasteiger partial charge in [-0.25, -0.2) is 0 Å². The maximum absolute atomic E-state index is 12.6. The molecule has 0 unspecified atom stereocenters. The number of hydrogen-bond donors (Lipinski definition) is 2. The lowest BCUT2D eigenvalue weighted by Gasteiger charge is -2.11. The first-order valence-corrected chi connectivity index (χ1v) is 8.31. The number of benzene rings is 2. The largest absolute Gasteiger partial charge is 0.354 e. The highest BCUT2D eigenvalue weighted by Crippen LogP contribution is 2.19. The van der Waals surface area contributed by atoms with Gasteiger partial charge in [0.1, 0.15) is 0 Å².